The maximum atomic E-state index is 6.60. The SMILES string of the molecule is c1ccc(-c2cc(-c3ccc4oc5cccc(-c6nc(-c7ccccc7)nc(-c7ccc(-c8cccc9c8oc8ccccc89)cc7)n6)c5c4c3)c3c(c2)sc2ccccc23)cc1. The van der Waals surface area contributed by atoms with Gasteiger partial charge in [-0.1, -0.05) is 158 Å². The van der Waals surface area contributed by atoms with E-state index in [-0.39, 0.29) is 0 Å². The molecule has 0 saturated carbocycles. The van der Waals surface area contributed by atoms with Gasteiger partial charge in [0.2, 0.25) is 0 Å². The summed E-state index contributed by atoms with van der Waals surface area (Å²) in [6.07, 6.45) is 0. The zero-order valence-electron chi connectivity index (χ0n) is 33.6. The van der Waals surface area contributed by atoms with E-state index in [4.69, 9.17) is 23.8 Å². The molecular formula is C57H33N3O2S. The van der Waals surface area contributed by atoms with E-state index in [2.05, 4.69) is 140 Å². The van der Waals surface area contributed by atoms with E-state index in [1.807, 2.05) is 72.0 Å². The molecule has 0 fully saturated rings. The third-order valence-corrected chi connectivity index (χ3v) is 13.3. The normalized spacial score (nSPS) is 11.8. The van der Waals surface area contributed by atoms with E-state index < -0.39 is 0 Å². The number of hydrogen-bond donors (Lipinski definition) is 0. The highest BCUT2D eigenvalue weighted by atomic mass is 32.1. The number of furan rings is 2. The first-order chi connectivity index (χ1) is 31.2. The molecule has 0 unspecified atom stereocenters. The number of thiophene rings is 1. The maximum Gasteiger partial charge on any atom is 0.164 e. The molecule has 0 aliphatic heterocycles. The molecule has 5 nitrogen and oxygen atoms in total. The highest BCUT2D eigenvalue weighted by Gasteiger charge is 2.21. The molecule has 0 bridgehead atoms. The summed E-state index contributed by atoms with van der Waals surface area (Å²) >= 11 is 1.84. The van der Waals surface area contributed by atoms with Crippen LogP contribution in [0.2, 0.25) is 0 Å². The largest absolute Gasteiger partial charge is 0.456 e. The van der Waals surface area contributed by atoms with E-state index in [0.29, 0.717) is 17.5 Å². The van der Waals surface area contributed by atoms with E-state index in [1.165, 1.54) is 36.9 Å². The molecule has 0 saturated heterocycles. The van der Waals surface area contributed by atoms with E-state index in [9.17, 15) is 0 Å². The summed E-state index contributed by atoms with van der Waals surface area (Å²) in [7, 11) is 0. The molecule has 9 aromatic carbocycles. The fourth-order valence-corrected chi connectivity index (χ4v) is 10.3. The minimum absolute atomic E-state index is 0.575. The van der Waals surface area contributed by atoms with Crippen LogP contribution in [0.1, 0.15) is 0 Å². The number of hydrogen-bond acceptors (Lipinski definition) is 6. The summed E-state index contributed by atoms with van der Waals surface area (Å²) in [6, 6.07) is 69.8. The molecule has 13 rings (SSSR count). The predicted molar refractivity (Wildman–Crippen MR) is 260 cm³/mol. The van der Waals surface area contributed by atoms with Gasteiger partial charge in [-0.15, -0.1) is 11.3 Å². The fraction of sp³-hybridized carbons (Fsp3) is 0. The molecule has 0 spiro atoms. The Morgan fingerprint density at radius 2 is 0.905 bits per heavy atom. The Labute approximate surface area is 365 Å². The Bertz CT molecular complexity index is 3900. The summed E-state index contributed by atoms with van der Waals surface area (Å²) in [5.74, 6) is 1.76. The van der Waals surface area contributed by atoms with Crippen molar-refractivity contribution < 1.29 is 8.83 Å². The molecule has 294 valence electrons. The second-order valence-electron chi connectivity index (χ2n) is 15.9. The van der Waals surface area contributed by atoms with Crippen molar-refractivity contribution in [2.24, 2.45) is 0 Å². The minimum Gasteiger partial charge on any atom is -0.456 e. The molecule has 6 heteroatoms. The topological polar surface area (TPSA) is 65.0 Å². The van der Waals surface area contributed by atoms with Gasteiger partial charge in [0.05, 0.1) is 0 Å². The third kappa shape index (κ3) is 5.87. The molecule has 0 aliphatic carbocycles. The van der Waals surface area contributed by atoms with E-state index in [1.54, 1.807) is 0 Å². The van der Waals surface area contributed by atoms with Gasteiger partial charge >= 0.3 is 0 Å². The highest BCUT2D eigenvalue weighted by Crippen LogP contribution is 2.45. The number of nitrogens with zero attached hydrogens (tertiary/aromatic N) is 3. The Kier molecular flexibility index (Phi) is 8.01. The second kappa shape index (κ2) is 14.2. The van der Waals surface area contributed by atoms with Crippen LogP contribution in [0.5, 0.6) is 0 Å². The van der Waals surface area contributed by atoms with E-state index >= 15 is 0 Å². The third-order valence-electron chi connectivity index (χ3n) is 12.2. The van der Waals surface area contributed by atoms with Crippen LogP contribution in [0.25, 0.3) is 132 Å². The van der Waals surface area contributed by atoms with Crippen LogP contribution < -0.4 is 0 Å². The summed E-state index contributed by atoms with van der Waals surface area (Å²) in [5.41, 5.74) is 12.8. The minimum atomic E-state index is 0.575. The van der Waals surface area contributed by atoms with Gasteiger partial charge in [-0.25, -0.2) is 15.0 Å². The number of rotatable bonds is 6. The first-order valence-corrected chi connectivity index (χ1v) is 21.8. The van der Waals surface area contributed by atoms with Crippen molar-refractivity contribution in [2.75, 3.05) is 0 Å². The molecule has 0 aliphatic rings. The van der Waals surface area contributed by atoms with Crippen molar-refractivity contribution in [1.82, 2.24) is 15.0 Å². The molecule has 13 aromatic rings. The first-order valence-electron chi connectivity index (χ1n) is 21.0. The zero-order chi connectivity index (χ0) is 41.4. The van der Waals surface area contributed by atoms with Crippen LogP contribution in [0.3, 0.4) is 0 Å². The van der Waals surface area contributed by atoms with E-state index in [0.717, 1.165) is 77.3 Å². The zero-order valence-corrected chi connectivity index (χ0v) is 34.4. The molecule has 4 aromatic heterocycles. The number of fused-ring (bicyclic) bond motifs is 9. The van der Waals surface area contributed by atoms with Gasteiger partial charge in [-0.05, 0) is 70.3 Å². The summed E-state index contributed by atoms with van der Waals surface area (Å²) in [4.78, 5) is 15.5. The van der Waals surface area contributed by atoms with Crippen LogP contribution in [-0.4, -0.2) is 15.0 Å². The lowest BCUT2D eigenvalue weighted by Gasteiger charge is -2.11. The quantitative estimate of drug-likeness (QED) is 0.167. The van der Waals surface area contributed by atoms with Crippen molar-refractivity contribution in [3.8, 4) is 67.5 Å². The van der Waals surface area contributed by atoms with Gasteiger partial charge in [0, 0.05) is 64.0 Å². The van der Waals surface area contributed by atoms with Crippen molar-refractivity contribution in [3.05, 3.63) is 200 Å². The standard InChI is InChI=1S/C57H33N3O2S/c1-3-13-34(14-4-1)39-32-45(53-43-18-8-10-24-50(43)63-51(53)33-39)38-29-30-48-46(31-38)52-44(21-12-23-49(52)61-48)57-59-55(36-15-5-2-6-16-36)58-56(60-57)37-27-25-35(26-28-37)40-19-11-20-42-41-17-7-9-22-47(41)62-54(40)42/h1-33H. The first kappa shape index (κ1) is 35.6. The average Bonchev–Trinajstić information content (AvgIpc) is 4.05. The lowest BCUT2D eigenvalue weighted by molar-refractivity contribution is 0.669. The van der Waals surface area contributed by atoms with Gasteiger partial charge in [0.15, 0.2) is 17.5 Å². The highest BCUT2D eigenvalue weighted by molar-refractivity contribution is 7.26. The molecule has 0 radical (unpaired) electrons. The molecule has 0 N–H and O–H groups in total. The van der Waals surface area contributed by atoms with Crippen molar-refractivity contribution in [2.45, 2.75) is 0 Å². The number of aromatic nitrogens is 3. The fourth-order valence-electron chi connectivity index (χ4n) is 9.18. The molecular weight excluding hydrogens is 791 g/mol. The number of benzene rings is 9. The van der Waals surface area contributed by atoms with Crippen LogP contribution in [0, 0.1) is 0 Å². The van der Waals surface area contributed by atoms with Gasteiger partial charge in [-0.3, -0.25) is 0 Å². The van der Waals surface area contributed by atoms with Crippen molar-refractivity contribution >= 4 is 75.4 Å². The van der Waals surface area contributed by atoms with Gasteiger partial charge in [0.25, 0.3) is 0 Å². The van der Waals surface area contributed by atoms with Crippen LogP contribution >= 0.6 is 11.3 Å². The Balaban J connectivity index is 0.976. The Morgan fingerprint density at radius 1 is 0.302 bits per heavy atom. The average molecular weight is 824 g/mol. The lowest BCUT2D eigenvalue weighted by Crippen LogP contribution is -2.00. The number of para-hydroxylation sites is 2. The van der Waals surface area contributed by atoms with Crippen LogP contribution in [-0.2, 0) is 0 Å². The van der Waals surface area contributed by atoms with Gasteiger partial charge in [-0.2, -0.15) is 0 Å². The molecule has 0 amide bonds. The van der Waals surface area contributed by atoms with Gasteiger partial charge < -0.3 is 8.83 Å². The summed E-state index contributed by atoms with van der Waals surface area (Å²) in [5, 5.41) is 6.70. The monoisotopic (exact) mass is 823 g/mol. The van der Waals surface area contributed by atoms with Gasteiger partial charge in [0.1, 0.15) is 22.3 Å². The predicted octanol–water partition coefficient (Wildman–Crippen LogP) is 16.0. The van der Waals surface area contributed by atoms with Crippen molar-refractivity contribution in [3.63, 3.8) is 0 Å². The second-order valence-corrected chi connectivity index (χ2v) is 17.0. The van der Waals surface area contributed by atoms with Crippen molar-refractivity contribution in [1.29, 1.82) is 0 Å². The van der Waals surface area contributed by atoms with Crippen LogP contribution in [0.15, 0.2) is 209 Å². The summed E-state index contributed by atoms with van der Waals surface area (Å²) < 4.78 is 15.5. The molecule has 0 atom stereocenters. The Hall–Kier alpha value is -8.19. The Morgan fingerprint density at radius 3 is 1.73 bits per heavy atom. The molecule has 4 heterocycles. The molecule has 63 heavy (non-hydrogen) atoms. The van der Waals surface area contributed by atoms with Crippen LogP contribution in [0.4, 0.5) is 0 Å². The summed E-state index contributed by atoms with van der Waals surface area (Å²) in [6.45, 7) is 0. The lowest BCUT2D eigenvalue weighted by atomic mass is 9.93. The maximum absolute atomic E-state index is 6.60. The smallest absolute Gasteiger partial charge is 0.164 e.